The predicted octanol–water partition coefficient (Wildman–Crippen LogP) is 5.31. The summed E-state index contributed by atoms with van der Waals surface area (Å²) in [7, 11) is 1.61. The molecule has 0 bridgehead atoms. The number of carbonyl (C=O) groups excluding carboxylic acids is 1. The lowest BCUT2D eigenvalue weighted by atomic mass is 10.1. The molecule has 27 heteroatoms. The van der Waals surface area contributed by atoms with Crippen LogP contribution in [0, 0.1) is 114 Å². The summed E-state index contributed by atoms with van der Waals surface area (Å²) in [5.74, 6) is 4.47. The summed E-state index contributed by atoms with van der Waals surface area (Å²) in [6, 6.07) is 1.47. The highest BCUT2D eigenvalue weighted by atomic mass is 16.1. The van der Waals surface area contributed by atoms with E-state index < -0.39 is 6.04 Å². The zero-order valence-electron chi connectivity index (χ0n) is 47.0. The first-order valence-electron chi connectivity index (χ1n) is 21.9. The number of anilines is 4. The molecule has 0 saturated heterocycles. The van der Waals surface area contributed by atoms with E-state index in [2.05, 4.69) is 44.6 Å². The van der Waals surface area contributed by atoms with Crippen molar-refractivity contribution in [1.29, 1.82) is 26.9 Å². The third-order valence-corrected chi connectivity index (χ3v) is 7.40. The van der Waals surface area contributed by atoms with E-state index in [0.717, 1.165) is 11.3 Å². The van der Waals surface area contributed by atoms with E-state index in [1.807, 2.05) is 34.6 Å². The number of aryl methyl sites for hydroxylation is 5. The first-order chi connectivity index (χ1) is 33.5. The van der Waals surface area contributed by atoms with Crippen molar-refractivity contribution in [2.24, 2.45) is 35.9 Å². The number of nitrogens with two attached hydrogens (primary N) is 8. The molecule has 428 valence electrons. The topological polar surface area (TPSA) is 505 Å². The van der Waals surface area contributed by atoms with Crippen molar-refractivity contribution in [3.63, 3.8) is 0 Å². The summed E-state index contributed by atoms with van der Waals surface area (Å²) in [6.07, 6.45) is 0. The Labute approximate surface area is 450 Å². The third kappa shape index (κ3) is 55.9. The minimum atomic E-state index is -0.468. The zero-order valence-corrected chi connectivity index (χ0v) is 47.0. The van der Waals surface area contributed by atoms with Gasteiger partial charge in [-0.3, -0.25) is 50.2 Å². The smallest absolute Gasteiger partial charge is 0.304 e. The van der Waals surface area contributed by atoms with Gasteiger partial charge in [-0.1, -0.05) is 28.7 Å². The van der Waals surface area contributed by atoms with Crippen LogP contribution >= 0.6 is 0 Å². The van der Waals surface area contributed by atoms with Crippen molar-refractivity contribution >= 4 is 52.5 Å². The van der Waals surface area contributed by atoms with Gasteiger partial charge in [0.05, 0.1) is 28.9 Å². The molecule has 0 fully saturated rings. The Bertz CT molecular complexity index is 2490. The van der Waals surface area contributed by atoms with Crippen molar-refractivity contribution in [2.75, 3.05) is 22.9 Å². The van der Waals surface area contributed by atoms with Gasteiger partial charge in [-0.25, -0.2) is 38.1 Å². The molecule has 4 rings (SSSR count). The van der Waals surface area contributed by atoms with Gasteiger partial charge in [-0.15, -0.1) is 0 Å². The van der Waals surface area contributed by atoms with Crippen LogP contribution in [0.2, 0.25) is 0 Å². The van der Waals surface area contributed by atoms with Gasteiger partial charge in [-0.2, -0.15) is 5.26 Å². The van der Waals surface area contributed by atoms with Gasteiger partial charge in [0.1, 0.15) is 40.7 Å². The summed E-state index contributed by atoms with van der Waals surface area (Å²) >= 11 is 0. The van der Waals surface area contributed by atoms with Gasteiger partial charge < -0.3 is 60.7 Å². The van der Waals surface area contributed by atoms with Gasteiger partial charge >= 0.3 is 6.04 Å². The average Bonchev–Trinajstić information content (AvgIpc) is 3.25. The molecule has 4 aromatic heterocycles. The maximum atomic E-state index is 11.3. The Hall–Kier alpha value is -9.06. The highest BCUT2D eigenvalue weighted by Crippen LogP contribution is 2.12. The molecule has 0 saturated carbocycles. The number of aromatic nitrogens is 8. The molecule has 4 aromatic rings. The molecule has 0 aliphatic rings. The predicted molar refractivity (Wildman–Crippen MR) is 314 cm³/mol. The summed E-state index contributed by atoms with van der Waals surface area (Å²) < 4.78 is 1.34. The average molecular weight is 1070 g/mol. The van der Waals surface area contributed by atoms with Crippen LogP contribution in [0.15, 0.2) is 14.4 Å². The second kappa shape index (κ2) is 48.2. The molecule has 0 aliphatic carbocycles. The van der Waals surface area contributed by atoms with Crippen molar-refractivity contribution in [3.8, 4) is 6.07 Å². The number of nitriles is 1. The van der Waals surface area contributed by atoms with Gasteiger partial charge in [0.2, 0.25) is 12.0 Å². The fourth-order valence-electron chi connectivity index (χ4n) is 3.00. The second-order valence-electron chi connectivity index (χ2n) is 15.9. The summed E-state index contributed by atoms with van der Waals surface area (Å²) in [5.41, 5.74) is 44.4. The number of amidine groups is 4. The highest BCUT2D eigenvalue weighted by Gasteiger charge is 2.04. The molecule has 0 radical (unpaired) electrons. The fourth-order valence-corrected chi connectivity index (χ4v) is 3.00. The Balaban J connectivity index is -0.0000000947. The maximum absolute atomic E-state index is 11.3. The Morgan fingerprint density at radius 2 is 0.868 bits per heavy atom. The Morgan fingerprint density at radius 3 is 1.12 bits per heavy atom. The van der Waals surface area contributed by atoms with Gasteiger partial charge in [-0.05, 0) is 96.9 Å². The number of hydrogen-bond donors (Lipinski definition) is 14. The third-order valence-electron chi connectivity index (χ3n) is 7.40. The minimum Gasteiger partial charge on any atom is -0.388 e. The van der Waals surface area contributed by atoms with Crippen molar-refractivity contribution in [1.82, 2.24) is 39.5 Å². The normalized spacial score (nSPS) is 8.78. The molecule has 0 aromatic carbocycles. The minimum absolute atomic E-state index is 0. The van der Waals surface area contributed by atoms with Crippen molar-refractivity contribution in [3.05, 3.63) is 105 Å². The van der Waals surface area contributed by atoms with Crippen LogP contribution in [-0.2, 0) is 11.8 Å². The van der Waals surface area contributed by atoms with E-state index in [0.29, 0.717) is 57.3 Å². The summed E-state index contributed by atoms with van der Waals surface area (Å²) in [4.78, 5) is 74.2. The van der Waals surface area contributed by atoms with E-state index in [1.165, 1.54) is 32.3 Å². The van der Waals surface area contributed by atoms with E-state index in [-0.39, 0.29) is 78.6 Å². The Morgan fingerprint density at radius 1 is 0.579 bits per heavy atom. The van der Waals surface area contributed by atoms with Crippen LogP contribution in [0.3, 0.4) is 0 Å². The highest BCUT2D eigenvalue weighted by molar-refractivity contribution is 5.77. The summed E-state index contributed by atoms with van der Waals surface area (Å²) in [6.45, 7) is 45.0. The largest absolute Gasteiger partial charge is 0.388 e. The number of carbonyl (C=O) groups is 1. The number of ketones is 1. The number of aromatic amines is 2. The lowest BCUT2D eigenvalue weighted by molar-refractivity contribution is -0.119. The van der Waals surface area contributed by atoms with E-state index >= 15 is 0 Å². The monoisotopic (exact) mass is 1070 g/mol. The number of nitrogens with one attached hydrogen (secondary N) is 6. The number of nitrogen functional groups attached to an aromatic ring is 4. The number of Topliss-reactive ketones (excluding diaryl/α,β-unsaturated/α-hetero) is 1. The molecular weight excluding hydrogens is 975 g/mol. The molecule has 1 atom stereocenters. The quantitative estimate of drug-likeness (QED) is 0.0652. The lowest BCUT2D eigenvalue weighted by Crippen LogP contribution is -2.24. The number of hydrogen-bond acceptors (Lipinski definition) is 18. The van der Waals surface area contributed by atoms with E-state index in [9.17, 15) is 19.2 Å². The molecule has 0 aliphatic heterocycles. The molecule has 0 amide bonds. The zero-order chi connectivity index (χ0) is 60.5. The van der Waals surface area contributed by atoms with Crippen LogP contribution in [-0.4, -0.2) is 80.7 Å². The van der Waals surface area contributed by atoms with Crippen LogP contribution < -0.4 is 62.5 Å². The van der Waals surface area contributed by atoms with Crippen molar-refractivity contribution in [2.45, 2.75) is 158 Å². The molecule has 22 N–H and O–H groups in total. The standard InChI is InChI=1S/C7H11N3O.C7H10N2O.C6H10N4.C6H9N3O.C5H10O.C4H4N2.C4H7N.4C2H6N2.2CH4/c1-4-5(2)9-7(8)10(3)6(4)11;1-4-5(2)8-6(3)9-7(4)10;1-3-5(7)9-4(2)10-6(3)8;1-3-5(7)8-4(2)9-6(3)10;1-4(2)5(3)6;1-4(3-5)6-2;1-4(2)5-3;4*1-2(3)4;;/h1-3H3,(H2,8,9);1-3H3,(H,8,9,10);1-2H3,(H4,7,8,9,10);1-2H3,(H3,7,8,9,10);4H,1-3H3;4H,1H3;4H,1-2H3;4*1H3,(H3,3,4);2*1H4. The van der Waals surface area contributed by atoms with Gasteiger partial charge in [0.15, 0.2) is 6.07 Å². The molecule has 27 nitrogen and oxygen atoms in total. The molecule has 1 unspecified atom stereocenters. The Kier molecular flexibility index (Phi) is 55.0. The maximum Gasteiger partial charge on any atom is 0.304 e. The van der Waals surface area contributed by atoms with Crippen LogP contribution in [0.5, 0.6) is 0 Å². The van der Waals surface area contributed by atoms with E-state index in [4.69, 9.17) is 85.9 Å². The van der Waals surface area contributed by atoms with E-state index in [1.54, 1.807) is 82.4 Å². The number of H-pyrrole nitrogens is 2. The van der Waals surface area contributed by atoms with Gasteiger partial charge in [0, 0.05) is 61.8 Å². The first-order valence-corrected chi connectivity index (χ1v) is 21.9. The van der Waals surface area contributed by atoms with Crippen molar-refractivity contribution < 1.29 is 4.79 Å². The molecule has 0 spiro atoms. The molecule has 76 heavy (non-hydrogen) atoms. The van der Waals surface area contributed by atoms with Crippen LogP contribution in [0.25, 0.3) is 9.69 Å². The first kappa shape index (κ1) is 86.7. The molecule has 4 heterocycles. The summed E-state index contributed by atoms with van der Waals surface area (Å²) in [5, 5.41) is 33.0. The SMILES string of the molecule is C.C.CC(=N)N.CC(=N)N.CC(=N)N.CC(=N)N.CC(=O)C(C)C.Cc1nc(C)c(C)c(=O)[nH]1.Cc1nc(N)c(C)c(=O)[nH]1.Cc1nc(N)c(C)c(N)n1.Cc1nc(N)n(C)c(=O)c1C.[C-]#[N+]C(C)C.[C-]#[N+]C(C)C#N. The van der Waals surface area contributed by atoms with Crippen LogP contribution in [0.4, 0.5) is 23.4 Å². The fraction of sp³-hybridized carbons (Fsp3) is 0.510. The second-order valence-corrected chi connectivity index (χ2v) is 15.9. The lowest BCUT2D eigenvalue weighted by Gasteiger charge is -2.04. The number of nitrogens with zero attached hydrogens (tertiary/aromatic N) is 9. The number of rotatable bonds is 1. The molecular formula is C49H93N23O4. The van der Waals surface area contributed by atoms with Gasteiger partial charge in [0.25, 0.3) is 16.7 Å². The van der Waals surface area contributed by atoms with Crippen LogP contribution in [0.1, 0.15) is 135 Å².